The molecule has 2 nitrogen and oxygen atoms in total. The van der Waals surface area contributed by atoms with Crippen LogP contribution in [0.2, 0.25) is 0 Å². The molecule has 0 atom stereocenters. The maximum atomic E-state index is 11.2. The van der Waals surface area contributed by atoms with E-state index in [0.717, 1.165) is 0 Å². The van der Waals surface area contributed by atoms with Crippen LogP contribution in [0.25, 0.3) is 0 Å². The van der Waals surface area contributed by atoms with E-state index in [9.17, 15) is 4.79 Å². The molecule has 4 heteroatoms. The second-order valence-electron chi connectivity index (χ2n) is 2.48. The van der Waals surface area contributed by atoms with Crippen molar-refractivity contribution in [3.05, 3.63) is 35.9 Å². The number of rotatable bonds is 1. The molecule has 0 heterocycles. The van der Waals surface area contributed by atoms with Gasteiger partial charge in [0.25, 0.3) is 0 Å². The van der Waals surface area contributed by atoms with Crippen molar-refractivity contribution in [2.75, 3.05) is 14.1 Å². The van der Waals surface area contributed by atoms with Gasteiger partial charge in [-0.3, -0.25) is 0 Å². The molecule has 0 aliphatic carbocycles. The zero-order valence-corrected chi connectivity index (χ0v) is 12.9. The fourth-order valence-corrected chi connectivity index (χ4v) is 0.767. The first-order valence-electron chi connectivity index (χ1n) is 3.67. The minimum absolute atomic E-state index is 0.00870. The fourth-order valence-electron chi connectivity index (χ4n) is 0.767. The summed E-state index contributed by atoms with van der Waals surface area (Å²) in [5.41, 5.74) is 0.609. The van der Waals surface area contributed by atoms with E-state index in [1.807, 2.05) is 12.1 Å². The average Bonchev–Trinajstić information content (AvgIpc) is 2.21. The molecule has 13 heavy (non-hydrogen) atoms. The van der Waals surface area contributed by atoms with Gasteiger partial charge in [0.15, 0.2) is 5.91 Å². The topological polar surface area (TPSA) is 20.3 Å². The Bertz CT molecular complexity index is 251. The van der Waals surface area contributed by atoms with E-state index in [1.54, 1.807) is 26.2 Å². The summed E-state index contributed by atoms with van der Waals surface area (Å²) in [7, 11) is 3.45. The molecule has 0 aliphatic rings. The normalized spacial score (nSPS) is 8.38. The van der Waals surface area contributed by atoms with Gasteiger partial charge >= 0.3 is 34.5 Å². The van der Waals surface area contributed by atoms with Crippen LogP contribution in [0.3, 0.4) is 0 Å². The molecule has 0 unspecified atom stereocenters. The predicted molar refractivity (Wildman–Crippen MR) is 57.3 cm³/mol. The quantitative estimate of drug-likeness (QED) is 0.435. The van der Waals surface area contributed by atoms with Crippen LogP contribution in [-0.4, -0.2) is 24.9 Å². The molecule has 0 radical (unpaired) electrons. The molecule has 1 aromatic carbocycles. The van der Waals surface area contributed by atoms with Gasteiger partial charge in [-0.15, -0.1) is 30.3 Å². The van der Waals surface area contributed by atoms with Gasteiger partial charge in [-0.05, 0) is 14.1 Å². The van der Waals surface area contributed by atoms with E-state index in [2.05, 4.69) is 25.8 Å². The van der Waals surface area contributed by atoms with Crippen molar-refractivity contribution >= 4 is 25.7 Å². The first-order valence-corrected chi connectivity index (χ1v) is 12.7. The summed E-state index contributed by atoms with van der Waals surface area (Å²) in [6.07, 6.45) is 0. The summed E-state index contributed by atoms with van der Waals surface area (Å²) in [5, 5.41) is 0. The molecule has 0 N–H and O–H groups in total. The van der Waals surface area contributed by atoms with Crippen molar-refractivity contribution in [2.24, 2.45) is 0 Å². The van der Waals surface area contributed by atoms with Crippen LogP contribution in [0.5, 0.6) is 0 Å². The molecule has 1 amide bonds. The number of hydrogen-bond acceptors (Lipinski definition) is 1. The summed E-state index contributed by atoms with van der Waals surface area (Å²) in [6, 6.07) is 10.0. The van der Waals surface area contributed by atoms with Gasteiger partial charge in [0.2, 0.25) is 0 Å². The summed E-state index contributed by atoms with van der Waals surface area (Å²) in [5.74, 6) is -0.00870. The van der Waals surface area contributed by atoms with E-state index < -0.39 is 0 Å². The Balaban J connectivity index is 0.000000671. The maximum absolute atomic E-state index is 11.2. The van der Waals surface area contributed by atoms with Crippen LogP contribution in [-0.2, 0) is 14.8 Å². The van der Waals surface area contributed by atoms with E-state index in [4.69, 9.17) is 0 Å². The number of hydrogen-bond donors (Lipinski definition) is 0. The second kappa shape index (κ2) is 7.45. The van der Waals surface area contributed by atoms with Gasteiger partial charge in [-0.2, -0.15) is 0 Å². The van der Waals surface area contributed by atoms with Gasteiger partial charge < -0.3 is 9.69 Å². The summed E-state index contributed by atoms with van der Waals surface area (Å²) in [4.78, 5) is 12.8. The van der Waals surface area contributed by atoms with Crippen molar-refractivity contribution in [1.82, 2.24) is 4.90 Å². The Morgan fingerprint density at radius 2 is 2.08 bits per heavy atom. The predicted octanol–water partition coefficient (Wildman–Crippen LogP) is 2.07. The molecule has 0 saturated carbocycles. The van der Waals surface area contributed by atoms with Crippen molar-refractivity contribution in [1.29, 1.82) is 0 Å². The Morgan fingerprint density at radius 3 is 2.46 bits per heavy atom. The van der Waals surface area contributed by atoms with Crippen LogP contribution < -0.4 is 0 Å². The van der Waals surface area contributed by atoms with E-state index in [1.165, 1.54) is 19.7 Å². The van der Waals surface area contributed by atoms with Crippen LogP contribution in [0.4, 0.5) is 0 Å². The number of benzene rings is 1. The Kier molecular flexibility index (Phi) is 7.47. The third-order valence-corrected chi connectivity index (χ3v) is 1.35. The number of carbonyl (C=O) groups is 1. The number of carbonyl (C=O) groups excluding carboxylic acids is 1. The fraction of sp³-hybridized carbons (Fsp3) is 0.222. The van der Waals surface area contributed by atoms with Gasteiger partial charge in [0.05, 0.1) is 0 Å². The second-order valence-corrected chi connectivity index (χ2v) is 2.48. The molecule has 0 saturated heterocycles. The Hall–Kier alpha value is 0.0434. The molecule has 66 valence electrons. The molecular formula is C9H10INOZn. The third-order valence-electron chi connectivity index (χ3n) is 1.35. The molecule has 0 aromatic heterocycles. The first-order chi connectivity index (χ1) is 6.22. The SMILES string of the molecule is CN(C)C(=O)c1[c-]cccc1.[Zn+][I]. The molecule has 0 spiro atoms. The Labute approximate surface area is 99.6 Å². The van der Waals surface area contributed by atoms with Crippen LogP contribution in [0.15, 0.2) is 24.3 Å². The van der Waals surface area contributed by atoms with Crippen molar-refractivity contribution in [2.45, 2.75) is 0 Å². The molecule has 0 aliphatic heterocycles. The van der Waals surface area contributed by atoms with Crippen molar-refractivity contribution < 1.29 is 19.6 Å². The monoisotopic (exact) mass is 339 g/mol. The zero-order chi connectivity index (χ0) is 10.3. The van der Waals surface area contributed by atoms with E-state index >= 15 is 0 Å². The standard InChI is InChI=1S/C9H10NO.HI.Zn/c1-10(2)9(11)8-6-4-3-5-7-8;;/h3-6H,1-2H3;1H;/q-1;;+2/p-1. The third kappa shape index (κ3) is 4.72. The zero-order valence-electron chi connectivity index (χ0n) is 7.75. The van der Waals surface area contributed by atoms with Gasteiger partial charge in [0, 0.05) is 0 Å². The number of halogens is 1. The van der Waals surface area contributed by atoms with Gasteiger partial charge in [0.1, 0.15) is 0 Å². The van der Waals surface area contributed by atoms with Crippen molar-refractivity contribution in [3.8, 4) is 0 Å². The minimum atomic E-state index is -0.00870. The average molecular weight is 340 g/mol. The molecular weight excluding hydrogens is 330 g/mol. The van der Waals surface area contributed by atoms with Gasteiger partial charge in [-0.1, -0.05) is 5.56 Å². The van der Waals surface area contributed by atoms with E-state index in [0.29, 0.717) is 5.56 Å². The van der Waals surface area contributed by atoms with Crippen LogP contribution >= 0.6 is 19.8 Å². The molecule has 1 aromatic rings. The molecule has 0 bridgehead atoms. The summed E-state index contributed by atoms with van der Waals surface area (Å²) >= 11 is 3.62. The van der Waals surface area contributed by atoms with Crippen molar-refractivity contribution in [3.63, 3.8) is 0 Å². The summed E-state index contributed by atoms with van der Waals surface area (Å²) < 4.78 is 0. The number of nitrogens with zero attached hydrogens (tertiary/aromatic N) is 1. The van der Waals surface area contributed by atoms with Gasteiger partial charge in [-0.25, -0.2) is 0 Å². The van der Waals surface area contributed by atoms with Crippen LogP contribution in [0, 0.1) is 6.07 Å². The Morgan fingerprint density at radius 1 is 1.46 bits per heavy atom. The van der Waals surface area contributed by atoms with Crippen LogP contribution in [0.1, 0.15) is 10.4 Å². The molecule has 1 rings (SSSR count). The van der Waals surface area contributed by atoms with E-state index in [-0.39, 0.29) is 5.91 Å². The summed E-state index contributed by atoms with van der Waals surface area (Å²) in [6.45, 7) is 0. The molecule has 0 fully saturated rings. The first kappa shape index (κ1) is 13.0. The number of amides is 1.